The number of hydrogen-bond donors (Lipinski definition) is 0. The van der Waals surface area contributed by atoms with Crippen molar-refractivity contribution >= 4 is 17.1 Å². The molecular formula is C82H69N. The molecule has 0 aromatic heterocycles. The summed E-state index contributed by atoms with van der Waals surface area (Å²) in [5.41, 5.74) is 31.6. The summed E-state index contributed by atoms with van der Waals surface area (Å²) in [5.74, 6) is 0. The van der Waals surface area contributed by atoms with Crippen LogP contribution in [0.5, 0.6) is 0 Å². The van der Waals surface area contributed by atoms with Crippen molar-refractivity contribution in [2.45, 2.75) is 101 Å². The molecule has 83 heavy (non-hydrogen) atoms. The molecule has 5 aliphatic rings. The van der Waals surface area contributed by atoms with Crippen LogP contribution in [-0.2, 0) is 27.1 Å². The molecule has 402 valence electrons. The van der Waals surface area contributed by atoms with Crippen LogP contribution in [-0.4, -0.2) is 0 Å². The zero-order valence-corrected chi connectivity index (χ0v) is 48.7. The number of nitrogens with zero attached hydrogens (tertiary/aromatic N) is 1. The fourth-order valence-electron chi connectivity index (χ4n) is 16.6. The predicted octanol–water partition coefficient (Wildman–Crippen LogP) is 21.4. The molecule has 0 amide bonds. The Morgan fingerprint density at radius 2 is 0.687 bits per heavy atom. The summed E-state index contributed by atoms with van der Waals surface area (Å²) in [6.45, 7) is 14.2. The van der Waals surface area contributed by atoms with Crippen molar-refractivity contribution in [3.8, 4) is 55.6 Å². The summed E-state index contributed by atoms with van der Waals surface area (Å²) in [6.07, 6.45) is 6.20. The normalized spacial score (nSPS) is 15.9. The van der Waals surface area contributed by atoms with Gasteiger partial charge in [-0.3, -0.25) is 0 Å². The van der Waals surface area contributed by atoms with E-state index in [1.165, 1.54) is 155 Å². The topological polar surface area (TPSA) is 3.24 Å². The van der Waals surface area contributed by atoms with Crippen molar-refractivity contribution in [1.82, 2.24) is 0 Å². The zero-order chi connectivity index (χ0) is 56.0. The van der Waals surface area contributed by atoms with Crippen molar-refractivity contribution in [3.05, 3.63) is 315 Å². The van der Waals surface area contributed by atoms with Gasteiger partial charge in [-0.05, 0) is 171 Å². The molecular weight excluding hydrogens is 999 g/mol. The van der Waals surface area contributed by atoms with Gasteiger partial charge in [0.15, 0.2) is 0 Å². The Morgan fingerprint density at radius 1 is 0.289 bits per heavy atom. The van der Waals surface area contributed by atoms with Gasteiger partial charge in [-0.1, -0.05) is 279 Å². The molecule has 0 atom stereocenters. The number of para-hydroxylation sites is 1. The Kier molecular flexibility index (Phi) is 10.9. The molecule has 0 heterocycles. The highest BCUT2D eigenvalue weighted by Gasteiger charge is 2.53. The minimum Gasteiger partial charge on any atom is -0.310 e. The van der Waals surface area contributed by atoms with Crippen molar-refractivity contribution in [2.24, 2.45) is 0 Å². The average molecular weight is 1070 g/mol. The van der Waals surface area contributed by atoms with E-state index >= 15 is 0 Å². The quantitative estimate of drug-likeness (QED) is 0.160. The van der Waals surface area contributed by atoms with Crippen LogP contribution in [0.3, 0.4) is 0 Å². The first kappa shape index (κ1) is 50.0. The Labute approximate surface area is 491 Å². The molecule has 11 aromatic carbocycles. The molecule has 16 rings (SSSR count). The monoisotopic (exact) mass is 1070 g/mol. The maximum Gasteiger partial charge on any atom is 0.0726 e. The largest absolute Gasteiger partial charge is 0.310 e. The fraction of sp³-hybridized carbons (Fsp3) is 0.195. The van der Waals surface area contributed by atoms with Crippen LogP contribution in [0, 0.1) is 0 Å². The van der Waals surface area contributed by atoms with Gasteiger partial charge in [-0.2, -0.15) is 0 Å². The lowest BCUT2D eigenvalue weighted by Gasteiger charge is -2.36. The van der Waals surface area contributed by atoms with Crippen molar-refractivity contribution < 1.29 is 0 Å². The zero-order valence-electron chi connectivity index (χ0n) is 48.7. The van der Waals surface area contributed by atoms with E-state index in [0.29, 0.717) is 0 Å². The summed E-state index contributed by atoms with van der Waals surface area (Å²) in [4.78, 5) is 2.64. The number of anilines is 3. The number of benzene rings is 11. The molecule has 1 saturated carbocycles. The molecule has 1 fully saturated rings. The third-order valence-electron chi connectivity index (χ3n) is 20.3. The lowest BCUT2D eigenvalue weighted by atomic mass is 9.67. The van der Waals surface area contributed by atoms with E-state index in [4.69, 9.17) is 0 Å². The van der Waals surface area contributed by atoms with Gasteiger partial charge in [0.2, 0.25) is 0 Å². The van der Waals surface area contributed by atoms with E-state index in [1.807, 2.05) is 0 Å². The Hall–Kier alpha value is -8.78. The molecule has 0 saturated heterocycles. The molecule has 1 nitrogen and oxygen atoms in total. The summed E-state index contributed by atoms with van der Waals surface area (Å²) in [7, 11) is 0. The summed E-state index contributed by atoms with van der Waals surface area (Å²) >= 11 is 0. The summed E-state index contributed by atoms with van der Waals surface area (Å²) < 4.78 is 0. The SMILES string of the molecule is CC(C)(C)c1ccc2c(c1)C1(c3ccccc3-c3ccc(N(c4ccc5c(c4)C(c4ccccc4)(c4ccccc4)c4ccccc4-5)c4ccccc4-c4cccc5c4-c4ccccc4C54CCCCC4)cc31)c1cc(C(C)(C)C)ccc1-2. The van der Waals surface area contributed by atoms with Gasteiger partial charge in [0.1, 0.15) is 0 Å². The first-order valence-corrected chi connectivity index (χ1v) is 30.5. The molecule has 0 radical (unpaired) electrons. The average Bonchev–Trinajstić information content (AvgIpc) is 1.85. The van der Waals surface area contributed by atoms with E-state index in [1.54, 1.807) is 0 Å². The van der Waals surface area contributed by atoms with E-state index < -0.39 is 10.8 Å². The van der Waals surface area contributed by atoms with Crippen LogP contribution in [0.1, 0.15) is 140 Å². The molecule has 0 bridgehead atoms. The highest BCUT2D eigenvalue weighted by molar-refractivity contribution is 6.01. The van der Waals surface area contributed by atoms with Crippen LogP contribution in [0.25, 0.3) is 55.6 Å². The highest BCUT2D eigenvalue weighted by Crippen LogP contribution is 2.66. The lowest BCUT2D eigenvalue weighted by Crippen LogP contribution is -2.29. The number of fused-ring (bicyclic) bond motifs is 18. The van der Waals surface area contributed by atoms with Crippen LogP contribution in [0.2, 0.25) is 0 Å². The maximum absolute atomic E-state index is 2.64. The Morgan fingerprint density at radius 3 is 1.23 bits per heavy atom. The molecule has 0 aliphatic heterocycles. The van der Waals surface area contributed by atoms with Gasteiger partial charge in [-0.15, -0.1) is 0 Å². The van der Waals surface area contributed by atoms with Gasteiger partial charge in [0.05, 0.1) is 16.5 Å². The Balaban J connectivity index is 1.00. The third kappa shape index (κ3) is 6.95. The van der Waals surface area contributed by atoms with Gasteiger partial charge in [0.25, 0.3) is 0 Å². The van der Waals surface area contributed by atoms with Crippen LogP contribution < -0.4 is 4.90 Å². The minimum absolute atomic E-state index is 0.0267. The molecule has 1 heteroatoms. The lowest BCUT2D eigenvalue weighted by molar-refractivity contribution is 0.353. The molecule has 2 spiro atoms. The second kappa shape index (κ2) is 18.1. The fourth-order valence-corrected chi connectivity index (χ4v) is 16.6. The predicted molar refractivity (Wildman–Crippen MR) is 347 cm³/mol. The van der Waals surface area contributed by atoms with Crippen molar-refractivity contribution in [3.63, 3.8) is 0 Å². The van der Waals surface area contributed by atoms with Crippen molar-refractivity contribution in [2.75, 3.05) is 4.90 Å². The van der Waals surface area contributed by atoms with E-state index in [0.717, 1.165) is 17.1 Å². The third-order valence-corrected chi connectivity index (χ3v) is 20.3. The second-order valence-corrected chi connectivity index (χ2v) is 26.6. The van der Waals surface area contributed by atoms with Crippen LogP contribution in [0.15, 0.2) is 249 Å². The molecule has 0 unspecified atom stereocenters. The second-order valence-electron chi connectivity index (χ2n) is 26.6. The number of hydrogen-bond acceptors (Lipinski definition) is 1. The first-order chi connectivity index (χ1) is 40.4. The molecule has 5 aliphatic carbocycles. The van der Waals surface area contributed by atoms with Crippen LogP contribution >= 0.6 is 0 Å². The standard InChI is InChI=1S/C82H69N/c1-78(2,3)55-39-43-61-62-44-40-56(79(4,5)6)50-73(62)82(72(61)49-55)70-36-20-15-30-60(70)64-46-42-58(52-75(64)82)83(76-38-21-17-31-65(76)66-33-24-37-71-77(66)67-32-16-18-34-68(67)80(71)47-22-9-23-48-80)57-41-45-63-59-29-14-19-35-69(59)81(74(63)51-57,53-25-10-7-11-26-53)54-27-12-8-13-28-54/h7-8,10-21,24-46,49-52H,9,22-23,47-48H2,1-6H3. The number of rotatable bonds is 6. The minimum atomic E-state index is -0.579. The highest BCUT2D eigenvalue weighted by atomic mass is 15.1. The molecule has 11 aromatic rings. The van der Waals surface area contributed by atoms with Gasteiger partial charge >= 0.3 is 0 Å². The van der Waals surface area contributed by atoms with E-state index in [2.05, 4.69) is 295 Å². The van der Waals surface area contributed by atoms with E-state index in [-0.39, 0.29) is 16.2 Å². The van der Waals surface area contributed by atoms with Gasteiger partial charge < -0.3 is 4.90 Å². The summed E-state index contributed by atoms with van der Waals surface area (Å²) in [6, 6.07) is 96.8. The summed E-state index contributed by atoms with van der Waals surface area (Å²) in [5, 5.41) is 0. The van der Waals surface area contributed by atoms with Crippen molar-refractivity contribution in [1.29, 1.82) is 0 Å². The smallest absolute Gasteiger partial charge is 0.0726 e. The maximum atomic E-state index is 2.64. The van der Waals surface area contributed by atoms with Gasteiger partial charge in [-0.25, -0.2) is 0 Å². The van der Waals surface area contributed by atoms with Crippen LogP contribution in [0.4, 0.5) is 17.1 Å². The molecule has 0 N–H and O–H groups in total. The van der Waals surface area contributed by atoms with Gasteiger partial charge in [0, 0.05) is 22.4 Å². The Bertz CT molecular complexity index is 4330. The first-order valence-electron chi connectivity index (χ1n) is 30.5. The van der Waals surface area contributed by atoms with E-state index in [9.17, 15) is 0 Å².